The van der Waals surface area contributed by atoms with Gasteiger partial charge in [0, 0.05) is 30.0 Å². The standard InChI is InChI=1S/C16H21FN2O5S/c1-10-15(2,3)25(23,24)14(7-8-20)16(4,18-10)12-9-11(19(21)22)5-6-13(12)17/h5-6,9,14,20H,7-8H2,1-4H3/t14?,16-/m1/s1. The average molecular weight is 372 g/mol. The summed E-state index contributed by atoms with van der Waals surface area (Å²) >= 11 is 0. The minimum atomic E-state index is -3.85. The molecule has 0 saturated heterocycles. The number of nitro benzene ring substituents is 1. The van der Waals surface area contributed by atoms with E-state index in [9.17, 15) is 28.0 Å². The Kier molecular flexibility index (Phi) is 4.77. The van der Waals surface area contributed by atoms with Crippen LogP contribution in [0.3, 0.4) is 0 Å². The molecule has 2 atom stereocenters. The maximum atomic E-state index is 14.5. The number of sulfone groups is 1. The van der Waals surface area contributed by atoms with Gasteiger partial charge in [-0.1, -0.05) is 0 Å². The quantitative estimate of drug-likeness (QED) is 0.644. The van der Waals surface area contributed by atoms with Crippen molar-refractivity contribution in [2.45, 2.75) is 49.7 Å². The van der Waals surface area contributed by atoms with Crippen LogP contribution >= 0.6 is 0 Å². The molecule has 0 fully saturated rings. The molecule has 1 N–H and O–H groups in total. The third kappa shape index (κ3) is 2.85. The zero-order valence-corrected chi connectivity index (χ0v) is 15.3. The van der Waals surface area contributed by atoms with Crippen LogP contribution in [-0.4, -0.2) is 40.8 Å². The van der Waals surface area contributed by atoms with Crippen LogP contribution in [0.1, 0.15) is 39.7 Å². The van der Waals surface area contributed by atoms with Gasteiger partial charge in [0.2, 0.25) is 0 Å². The summed E-state index contributed by atoms with van der Waals surface area (Å²) in [7, 11) is -3.85. The van der Waals surface area contributed by atoms with E-state index in [1.165, 1.54) is 20.8 Å². The molecule has 1 aromatic rings. The molecule has 1 heterocycles. The van der Waals surface area contributed by atoms with Gasteiger partial charge < -0.3 is 5.11 Å². The fraction of sp³-hybridized carbons (Fsp3) is 0.562. The lowest BCUT2D eigenvalue weighted by atomic mass is 9.85. The highest BCUT2D eigenvalue weighted by atomic mass is 32.2. The molecular weight excluding hydrogens is 351 g/mol. The van der Waals surface area contributed by atoms with Crippen molar-refractivity contribution in [1.82, 2.24) is 0 Å². The van der Waals surface area contributed by atoms with Crippen molar-refractivity contribution >= 4 is 21.2 Å². The predicted octanol–water partition coefficient (Wildman–Crippen LogP) is 2.37. The van der Waals surface area contributed by atoms with Gasteiger partial charge in [-0.15, -0.1) is 0 Å². The normalized spacial score (nSPS) is 27.6. The third-order valence-electron chi connectivity index (χ3n) is 5.08. The lowest BCUT2D eigenvalue weighted by molar-refractivity contribution is -0.385. The van der Waals surface area contributed by atoms with Gasteiger partial charge >= 0.3 is 0 Å². The van der Waals surface area contributed by atoms with E-state index in [1.54, 1.807) is 6.92 Å². The first-order valence-corrected chi connectivity index (χ1v) is 9.30. The highest BCUT2D eigenvalue weighted by Gasteiger charge is 2.56. The van der Waals surface area contributed by atoms with Gasteiger partial charge in [-0.25, -0.2) is 12.8 Å². The molecule has 7 nitrogen and oxygen atoms in total. The van der Waals surface area contributed by atoms with E-state index in [0.29, 0.717) is 0 Å². The Morgan fingerprint density at radius 1 is 1.36 bits per heavy atom. The number of halogens is 1. The van der Waals surface area contributed by atoms with Gasteiger partial charge in [0.05, 0.1) is 10.2 Å². The Balaban J connectivity index is 2.83. The summed E-state index contributed by atoms with van der Waals surface area (Å²) in [5.41, 5.74) is -1.80. The smallest absolute Gasteiger partial charge is 0.270 e. The van der Waals surface area contributed by atoms with Gasteiger partial charge in [0.1, 0.15) is 16.1 Å². The van der Waals surface area contributed by atoms with Crippen LogP contribution in [0.15, 0.2) is 23.2 Å². The van der Waals surface area contributed by atoms with E-state index in [2.05, 4.69) is 4.99 Å². The van der Waals surface area contributed by atoms with Crippen LogP contribution in [-0.2, 0) is 15.4 Å². The largest absolute Gasteiger partial charge is 0.396 e. The number of nitrogens with zero attached hydrogens (tertiary/aromatic N) is 2. The number of nitro groups is 1. The molecule has 0 saturated carbocycles. The number of aliphatic imine (C=N–C) groups is 1. The number of hydrogen-bond donors (Lipinski definition) is 1. The molecule has 25 heavy (non-hydrogen) atoms. The fourth-order valence-corrected chi connectivity index (χ4v) is 5.59. The summed E-state index contributed by atoms with van der Waals surface area (Å²) in [4.78, 5) is 14.8. The van der Waals surface area contributed by atoms with Crippen molar-refractivity contribution in [2.24, 2.45) is 4.99 Å². The third-order valence-corrected chi connectivity index (χ3v) is 8.24. The second-order valence-electron chi connectivity index (χ2n) is 6.82. The van der Waals surface area contributed by atoms with Crippen molar-refractivity contribution < 1.29 is 22.8 Å². The molecule has 0 radical (unpaired) electrons. The number of non-ortho nitro benzene ring substituents is 1. The molecule has 9 heteroatoms. The van der Waals surface area contributed by atoms with Crippen LogP contribution in [0.2, 0.25) is 0 Å². The summed E-state index contributed by atoms with van der Waals surface area (Å²) < 4.78 is 39.4. The Hall–Kier alpha value is -1.87. The second-order valence-corrected chi connectivity index (χ2v) is 9.50. The monoisotopic (exact) mass is 372 g/mol. The lowest BCUT2D eigenvalue weighted by Gasteiger charge is -2.44. The van der Waals surface area contributed by atoms with Crippen LogP contribution < -0.4 is 0 Å². The van der Waals surface area contributed by atoms with E-state index in [4.69, 9.17) is 0 Å². The van der Waals surface area contributed by atoms with Gasteiger partial charge in [-0.2, -0.15) is 0 Å². The first kappa shape index (κ1) is 19.5. The number of aliphatic hydroxyl groups is 1. The molecule has 1 aliphatic heterocycles. The highest BCUT2D eigenvalue weighted by Crippen LogP contribution is 2.45. The van der Waals surface area contributed by atoms with Gasteiger partial charge in [-0.3, -0.25) is 15.1 Å². The predicted molar refractivity (Wildman–Crippen MR) is 92.0 cm³/mol. The number of hydrogen-bond acceptors (Lipinski definition) is 6. The summed E-state index contributed by atoms with van der Waals surface area (Å²) in [6.45, 7) is 5.57. The fourth-order valence-electron chi connectivity index (χ4n) is 3.22. The molecule has 1 aliphatic rings. The second kappa shape index (κ2) is 6.14. The Labute approximate surface area is 145 Å². The summed E-state index contributed by atoms with van der Waals surface area (Å²) in [5.74, 6) is -0.775. The molecule has 0 amide bonds. The molecule has 1 aromatic carbocycles. The Bertz CT molecular complexity index is 850. The van der Waals surface area contributed by atoms with Crippen molar-refractivity contribution in [3.63, 3.8) is 0 Å². The van der Waals surface area contributed by atoms with Gasteiger partial charge in [-0.05, 0) is 40.2 Å². The molecule has 138 valence electrons. The maximum absolute atomic E-state index is 14.5. The van der Waals surface area contributed by atoms with Gasteiger partial charge in [0.25, 0.3) is 5.69 Å². The molecule has 2 rings (SSSR count). The zero-order valence-electron chi connectivity index (χ0n) is 14.5. The first-order chi connectivity index (χ1) is 11.4. The number of rotatable bonds is 4. The summed E-state index contributed by atoms with van der Waals surface area (Å²) in [6.07, 6.45) is -0.152. The lowest BCUT2D eigenvalue weighted by Crippen LogP contribution is -2.57. The van der Waals surface area contributed by atoms with Crippen molar-refractivity contribution in [3.05, 3.63) is 39.7 Å². The molecule has 0 aromatic heterocycles. The molecule has 0 aliphatic carbocycles. The SMILES string of the molecule is CC1=N[C@](C)(c2cc([N+](=O)[O-])ccc2F)C(CCO)S(=O)(=O)C1(C)C. The van der Waals surface area contributed by atoms with E-state index < -0.39 is 42.7 Å². The van der Waals surface area contributed by atoms with Crippen molar-refractivity contribution in [1.29, 1.82) is 0 Å². The highest BCUT2D eigenvalue weighted by molar-refractivity contribution is 7.94. The van der Waals surface area contributed by atoms with E-state index in [-0.39, 0.29) is 23.4 Å². The van der Waals surface area contributed by atoms with Gasteiger partial charge in [0.15, 0.2) is 9.84 Å². The van der Waals surface area contributed by atoms with Crippen molar-refractivity contribution in [3.8, 4) is 0 Å². The van der Waals surface area contributed by atoms with Crippen LogP contribution in [0, 0.1) is 15.9 Å². The first-order valence-electron chi connectivity index (χ1n) is 7.75. The van der Waals surface area contributed by atoms with Crippen LogP contribution in [0.4, 0.5) is 10.1 Å². The summed E-state index contributed by atoms with van der Waals surface area (Å²) in [6, 6.07) is 2.97. The molecule has 1 unspecified atom stereocenters. The maximum Gasteiger partial charge on any atom is 0.270 e. The van der Waals surface area contributed by atoms with E-state index in [0.717, 1.165) is 18.2 Å². The van der Waals surface area contributed by atoms with Crippen LogP contribution in [0.5, 0.6) is 0 Å². The molecular formula is C16H21FN2O5S. The molecule has 0 bridgehead atoms. The minimum Gasteiger partial charge on any atom is -0.396 e. The van der Waals surface area contributed by atoms with E-state index in [1.807, 2.05) is 0 Å². The minimum absolute atomic E-state index is 0.152. The molecule has 0 spiro atoms. The topological polar surface area (TPSA) is 110 Å². The van der Waals surface area contributed by atoms with E-state index >= 15 is 0 Å². The summed E-state index contributed by atoms with van der Waals surface area (Å²) in [5, 5.41) is 19.2. The number of benzene rings is 1. The zero-order chi connectivity index (χ0) is 19.2. The Morgan fingerprint density at radius 2 is 1.96 bits per heavy atom. The average Bonchev–Trinajstić information content (AvgIpc) is 2.50. The van der Waals surface area contributed by atoms with Crippen molar-refractivity contribution in [2.75, 3.05) is 6.61 Å². The number of aliphatic hydroxyl groups excluding tert-OH is 1. The Morgan fingerprint density at radius 3 is 2.48 bits per heavy atom. The van der Waals surface area contributed by atoms with Crippen LogP contribution in [0.25, 0.3) is 0 Å².